The second-order valence-electron chi connectivity index (χ2n) is 9.93. The topological polar surface area (TPSA) is 85.9 Å². The quantitative estimate of drug-likeness (QED) is 0.252. The summed E-state index contributed by atoms with van der Waals surface area (Å²) in [6.07, 6.45) is 0. The molecule has 1 atom stereocenters. The minimum atomic E-state index is -0.408. The van der Waals surface area contributed by atoms with Crippen LogP contribution in [0.5, 0.6) is 23.0 Å². The molecule has 204 valence electrons. The van der Waals surface area contributed by atoms with Crippen LogP contribution >= 0.6 is 0 Å². The first kappa shape index (κ1) is 24.8. The molecule has 1 aromatic heterocycles. The Labute approximate surface area is 237 Å². The van der Waals surface area contributed by atoms with Crippen LogP contribution < -0.4 is 18.9 Å². The Morgan fingerprint density at radius 2 is 1.66 bits per heavy atom. The lowest BCUT2D eigenvalue weighted by Gasteiger charge is -2.27. The summed E-state index contributed by atoms with van der Waals surface area (Å²) in [7, 11) is 1.62. The first-order chi connectivity index (χ1) is 20.2. The summed E-state index contributed by atoms with van der Waals surface area (Å²) in [6, 6.07) is 31.1. The maximum absolute atomic E-state index is 13.9. The van der Waals surface area contributed by atoms with E-state index in [0.29, 0.717) is 41.8 Å². The summed E-state index contributed by atoms with van der Waals surface area (Å²) in [5.74, 6) is 2.47. The first-order valence-electron chi connectivity index (χ1n) is 13.4. The van der Waals surface area contributed by atoms with E-state index < -0.39 is 6.04 Å². The van der Waals surface area contributed by atoms with Crippen LogP contribution in [0.4, 0.5) is 0 Å². The van der Waals surface area contributed by atoms with Gasteiger partial charge in [0.25, 0.3) is 5.91 Å². The Morgan fingerprint density at radius 3 is 2.46 bits per heavy atom. The van der Waals surface area contributed by atoms with Crippen molar-refractivity contribution in [1.29, 1.82) is 0 Å². The normalized spacial score (nSPS) is 15.2. The summed E-state index contributed by atoms with van der Waals surface area (Å²) in [5.41, 5.74) is 5.88. The van der Waals surface area contributed by atoms with Crippen molar-refractivity contribution >= 4 is 5.91 Å². The highest BCUT2D eigenvalue weighted by Gasteiger charge is 2.42. The molecular formula is C33H27N3O5. The van der Waals surface area contributed by atoms with E-state index in [1.54, 1.807) is 7.11 Å². The molecule has 0 bridgehead atoms. The standard InChI is InChI=1S/C33H27N3O5/c1-38-27-17-24(13-15-25(27)39-19-21-8-4-2-5-9-21)32-29-30(23-10-6-3-7-11-23)34-35-31(29)33(37)36(32)18-22-12-14-26-28(16-22)41-20-40-26/h2-17,32H,18-20H2,1H3,(H,34,35). The highest BCUT2D eigenvalue weighted by Crippen LogP contribution is 2.45. The number of nitrogens with one attached hydrogen (secondary N) is 1. The molecule has 0 spiro atoms. The van der Waals surface area contributed by atoms with E-state index in [-0.39, 0.29) is 12.7 Å². The van der Waals surface area contributed by atoms with Gasteiger partial charge in [-0.3, -0.25) is 9.89 Å². The number of methoxy groups -OCH3 is 1. The first-order valence-corrected chi connectivity index (χ1v) is 13.4. The number of ether oxygens (including phenoxy) is 4. The number of H-pyrrole nitrogens is 1. The van der Waals surface area contributed by atoms with Gasteiger partial charge in [-0.15, -0.1) is 0 Å². The monoisotopic (exact) mass is 545 g/mol. The van der Waals surface area contributed by atoms with E-state index in [2.05, 4.69) is 10.2 Å². The smallest absolute Gasteiger partial charge is 0.273 e. The van der Waals surface area contributed by atoms with Crippen molar-refractivity contribution in [3.8, 4) is 34.3 Å². The second kappa shape index (κ2) is 10.4. The SMILES string of the molecule is COc1cc(C2c3c(-c4ccccc4)n[nH]c3C(=O)N2Cc2ccc3c(c2)OCO3)ccc1OCc1ccccc1. The Bertz CT molecular complexity index is 1720. The van der Waals surface area contributed by atoms with Crippen LogP contribution in [0.15, 0.2) is 97.1 Å². The summed E-state index contributed by atoms with van der Waals surface area (Å²) in [6.45, 7) is 0.976. The minimum Gasteiger partial charge on any atom is -0.493 e. The Morgan fingerprint density at radius 1 is 0.878 bits per heavy atom. The van der Waals surface area contributed by atoms with Crippen molar-refractivity contribution in [2.24, 2.45) is 0 Å². The van der Waals surface area contributed by atoms with E-state index in [1.807, 2.05) is 102 Å². The van der Waals surface area contributed by atoms with Crippen molar-refractivity contribution in [3.63, 3.8) is 0 Å². The zero-order valence-corrected chi connectivity index (χ0v) is 22.4. The molecule has 8 heteroatoms. The maximum Gasteiger partial charge on any atom is 0.273 e. The highest BCUT2D eigenvalue weighted by atomic mass is 16.7. The lowest BCUT2D eigenvalue weighted by Crippen LogP contribution is -2.29. The molecule has 4 aromatic carbocycles. The lowest BCUT2D eigenvalue weighted by molar-refractivity contribution is 0.0729. The molecule has 3 heterocycles. The van der Waals surface area contributed by atoms with Crippen molar-refractivity contribution in [3.05, 3.63) is 125 Å². The van der Waals surface area contributed by atoms with Crippen molar-refractivity contribution in [2.75, 3.05) is 13.9 Å². The fourth-order valence-corrected chi connectivity index (χ4v) is 5.47. The van der Waals surface area contributed by atoms with Crippen LogP contribution in [-0.4, -0.2) is 34.9 Å². The van der Waals surface area contributed by atoms with Crippen LogP contribution in [-0.2, 0) is 13.2 Å². The molecule has 1 amide bonds. The van der Waals surface area contributed by atoms with Crippen LogP contribution in [0.25, 0.3) is 11.3 Å². The van der Waals surface area contributed by atoms with Crippen LogP contribution in [0.2, 0.25) is 0 Å². The van der Waals surface area contributed by atoms with Gasteiger partial charge in [-0.05, 0) is 41.0 Å². The number of hydrogen-bond acceptors (Lipinski definition) is 6. The highest BCUT2D eigenvalue weighted by molar-refractivity contribution is 6.00. The Hall–Kier alpha value is -5.24. The molecule has 0 radical (unpaired) electrons. The van der Waals surface area contributed by atoms with Gasteiger partial charge < -0.3 is 23.8 Å². The molecule has 2 aliphatic rings. The molecule has 7 rings (SSSR count). The van der Waals surface area contributed by atoms with Gasteiger partial charge in [-0.1, -0.05) is 72.8 Å². The molecule has 0 saturated carbocycles. The Balaban J connectivity index is 1.28. The fourth-order valence-electron chi connectivity index (χ4n) is 5.47. The Kier molecular flexibility index (Phi) is 6.28. The maximum atomic E-state index is 13.9. The number of rotatable bonds is 8. The lowest BCUT2D eigenvalue weighted by atomic mass is 9.95. The average Bonchev–Trinajstić information content (AvgIpc) is 3.73. The third-order valence-corrected chi connectivity index (χ3v) is 7.44. The summed E-state index contributed by atoms with van der Waals surface area (Å²) < 4.78 is 23.0. The van der Waals surface area contributed by atoms with E-state index in [1.165, 1.54) is 0 Å². The summed E-state index contributed by atoms with van der Waals surface area (Å²) in [5, 5.41) is 7.61. The van der Waals surface area contributed by atoms with Gasteiger partial charge in [0.2, 0.25) is 6.79 Å². The number of hydrogen-bond donors (Lipinski definition) is 1. The molecule has 2 aliphatic heterocycles. The van der Waals surface area contributed by atoms with Crippen LogP contribution in [0.3, 0.4) is 0 Å². The van der Waals surface area contributed by atoms with Gasteiger partial charge in [-0.25, -0.2) is 0 Å². The fraction of sp³-hybridized carbons (Fsp3) is 0.152. The molecule has 0 fully saturated rings. The van der Waals surface area contributed by atoms with Gasteiger partial charge in [0.15, 0.2) is 23.0 Å². The van der Waals surface area contributed by atoms with Gasteiger partial charge in [0.1, 0.15) is 12.3 Å². The molecule has 41 heavy (non-hydrogen) atoms. The zero-order chi connectivity index (χ0) is 27.8. The molecule has 8 nitrogen and oxygen atoms in total. The zero-order valence-electron chi connectivity index (χ0n) is 22.4. The van der Waals surface area contributed by atoms with E-state index in [4.69, 9.17) is 18.9 Å². The summed E-state index contributed by atoms with van der Waals surface area (Å²) >= 11 is 0. The molecule has 1 N–H and O–H groups in total. The van der Waals surface area contributed by atoms with E-state index >= 15 is 0 Å². The van der Waals surface area contributed by atoms with Gasteiger partial charge in [0, 0.05) is 17.7 Å². The van der Waals surface area contributed by atoms with Gasteiger partial charge in [-0.2, -0.15) is 5.10 Å². The molecule has 5 aromatic rings. The molecule has 0 aliphatic carbocycles. The third kappa shape index (κ3) is 4.53. The van der Waals surface area contributed by atoms with Gasteiger partial charge in [0.05, 0.1) is 18.8 Å². The number of aromatic amines is 1. The number of nitrogens with zero attached hydrogens (tertiary/aromatic N) is 2. The van der Waals surface area contributed by atoms with Gasteiger partial charge >= 0.3 is 0 Å². The number of aromatic nitrogens is 2. The average molecular weight is 546 g/mol. The van der Waals surface area contributed by atoms with Crippen LogP contribution in [0.1, 0.15) is 38.8 Å². The van der Waals surface area contributed by atoms with Crippen molar-refractivity contribution in [1.82, 2.24) is 15.1 Å². The number of carbonyl (C=O) groups is 1. The van der Waals surface area contributed by atoms with Crippen molar-refractivity contribution in [2.45, 2.75) is 19.2 Å². The predicted octanol–water partition coefficient (Wildman–Crippen LogP) is 6.14. The second-order valence-corrected chi connectivity index (χ2v) is 9.93. The number of amides is 1. The number of carbonyl (C=O) groups excluding carboxylic acids is 1. The number of benzene rings is 4. The predicted molar refractivity (Wildman–Crippen MR) is 152 cm³/mol. The molecule has 1 unspecified atom stereocenters. The molecule has 0 saturated heterocycles. The van der Waals surface area contributed by atoms with Crippen molar-refractivity contribution < 1.29 is 23.7 Å². The van der Waals surface area contributed by atoms with E-state index in [9.17, 15) is 4.79 Å². The third-order valence-electron chi connectivity index (χ3n) is 7.44. The summed E-state index contributed by atoms with van der Waals surface area (Å²) in [4.78, 5) is 15.7. The largest absolute Gasteiger partial charge is 0.493 e. The molecular weight excluding hydrogens is 518 g/mol. The minimum absolute atomic E-state index is 0.124. The number of fused-ring (bicyclic) bond motifs is 2. The van der Waals surface area contributed by atoms with Crippen LogP contribution in [0, 0.1) is 0 Å². The van der Waals surface area contributed by atoms with E-state index in [0.717, 1.165) is 33.5 Å².